The third-order valence-corrected chi connectivity index (χ3v) is 5.07. The van der Waals surface area contributed by atoms with Crippen LogP contribution in [0.5, 0.6) is 0 Å². The topological polar surface area (TPSA) is 12.0 Å². The molecule has 106 valence electrons. The van der Waals surface area contributed by atoms with E-state index in [0.717, 1.165) is 6.04 Å². The highest BCUT2D eigenvalue weighted by molar-refractivity contribution is 4.89. The van der Waals surface area contributed by atoms with Crippen LogP contribution in [0.25, 0.3) is 0 Å². The third-order valence-electron chi connectivity index (χ3n) is 5.07. The average molecular weight is 251 g/mol. The summed E-state index contributed by atoms with van der Waals surface area (Å²) >= 11 is 0. The second-order valence-electron chi connectivity index (χ2n) is 6.88. The first kappa shape index (κ1) is 14.4. The molecular weight excluding hydrogens is 218 g/mol. The van der Waals surface area contributed by atoms with Crippen LogP contribution in [0.15, 0.2) is 0 Å². The van der Waals surface area contributed by atoms with Gasteiger partial charge in [-0.15, -0.1) is 0 Å². The molecule has 0 saturated heterocycles. The summed E-state index contributed by atoms with van der Waals surface area (Å²) in [6, 6.07) is 0.892. The number of hydrogen-bond acceptors (Lipinski definition) is 1. The van der Waals surface area contributed by atoms with Gasteiger partial charge in [-0.25, -0.2) is 0 Å². The molecule has 0 spiro atoms. The van der Waals surface area contributed by atoms with Gasteiger partial charge >= 0.3 is 0 Å². The Morgan fingerprint density at radius 1 is 0.944 bits per heavy atom. The monoisotopic (exact) mass is 251 g/mol. The molecule has 2 saturated carbocycles. The predicted molar refractivity (Wildman–Crippen MR) is 79.9 cm³/mol. The fraction of sp³-hybridized carbons (Fsp3) is 1.00. The molecule has 0 bridgehead atoms. The second-order valence-corrected chi connectivity index (χ2v) is 6.88. The average Bonchev–Trinajstić information content (AvgIpc) is 3.22. The van der Waals surface area contributed by atoms with Crippen molar-refractivity contribution in [3.63, 3.8) is 0 Å². The SMILES string of the molecule is CCCCCCCC1(CNC2CC2)CCCCC1. The van der Waals surface area contributed by atoms with E-state index in [9.17, 15) is 0 Å². The molecule has 0 radical (unpaired) electrons. The van der Waals surface area contributed by atoms with Gasteiger partial charge in [-0.3, -0.25) is 0 Å². The summed E-state index contributed by atoms with van der Waals surface area (Å²) in [7, 11) is 0. The third kappa shape index (κ3) is 4.91. The molecule has 1 nitrogen and oxygen atoms in total. The molecule has 0 aliphatic heterocycles. The zero-order valence-corrected chi connectivity index (χ0v) is 12.5. The van der Waals surface area contributed by atoms with Gasteiger partial charge in [-0.05, 0) is 37.5 Å². The van der Waals surface area contributed by atoms with Gasteiger partial charge in [0.25, 0.3) is 0 Å². The van der Waals surface area contributed by atoms with Crippen molar-refractivity contribution in [2.75, 3.05) is 6.54 Å². The van der Waals surface area contributed by atoms with Crippen LogP contribution in [0.2, 0.25) is 0 Å². The van der Waals surface area contributed by atoms with Crippen molar-refractivity contribution < 1.29 is 0 Å². The Bertz CT molecular complexity index is 214. The maximum Gasteiger partial charge on any atom is 0.00684 e. The van der Waals surface area contributed by atoms with Gasteiger partial charge in [0, 0.05) is 12.6 Å². The zero-order chi connectivity index (χ0) is 12.7. The van der Waals surface area contributed by atoms with Crippen molar-refractivity contribution in [2.24, 2.45) is 5.41 Å². The van der Waals surface area contributed by atoms with E-state index in [0.29, 0.717) is 5.41 Å². The first-order chi connectivity index (χ1) is 8.85. The first-order valence-corrected chi connectivity index (χ1v) is 8.58. The summed E-state index contributed by atoms with van der Waals surface area (Å²) in [6.45, 7) is 3.63. The Kier molecular flexibility index (Phi) is 6.01. The lowest BCUT2D eigenvalue weighted by molar-refractivity contribution is 0.160. The quantitative estimate of drug-likeness (QED) is 0.565. The van der Waals surface area contributed by atoms with Crippen LogP contribution >= 0.6 is 0 Å². The maximum absolute atomic E-state index is 3.82. The summed E-state index contributed by atoms with van der Waals surface area (Å²) in [5, 5.41) is 3.82. The molecule has 1 heteroatoms. The predicted octanol–water partition coefficient (Wildman–Crippen LogP) is 5.05. The summed E-state index contributed by atoms with van der Waals surface area (Å²) < 4.78 is 0. The van der Waals surface area contributed by atoms with Crippen LogP contribution in [0, 0.1) is 5.41 Å². The van der Waals surface area contributed by atoms with Crippen molar-refractivity contribution in [1.29, 1.82) is 0 Å². The van der Waals surface area contributed by atoms with Gasteiger partial charge < -0.3 is 5.32 Å². The van der Waals surface area contributed by atoms with E-state index in [-0.39, 0.29) is 0 Å². The molecule has 0 aromatic heterocycles. The van der Waals surface area contributed by atoms with E-state index in [1.165, 1.54) is 90.0 Å². The molecule has 0 aromatic carbocycles. The molecule has 0 amide bonds. The highest BCUT2D eigenvalue weighted by Crippen LogP contribution is 2.40. The van der Waals surface area contributed by atoms with Crippen LogP contribution in [0.1, 0.15) is 90.4 Å². The molecule has 0 aromatic rings. The molecule has 18 heavy (non-hydrogen) atoms. The summed E-state index contributed by atoms with van der Waals surface area (Å²) in [5.74, 6) is 0. The number of hydrogen-bond donors (Lipinski definition) is 1. The molecule has 2 fully saturated rings. The lowest BCUT2D eigenvalue weighted by atomic mass is 9.70. The molecule has 0 unspecified atom stereocenters. The van der Waals surface area contributed by atoms with Crippen molar-refractivity contribution >= 4 is 0 Å². The van der Waals surface area contributed by atoms with E-state index in [1.807, 2.05) is 0 Å². The molecule has 2 aliphatic rings. The fourth-order valence-electron chi connectivity index (χ4n) is 3.57. The van der Waals surface area contributed by atoms with Crippen molar-refractivity contribution in [3.8, 4) is 0 Å². The Morgan fingerprint density at radius 2 is 1.67 bits per heavy atom. The van der Waals surface area contributed by atoms with E-state index in [1.54, 1.807) is 0 Å². The highest BCUT2D eigenvalue weighted by atomic mass is 15.0. The number of nitrogens with one attached hydrogen (secondary N) is 1. The minimum atomic E-state index is 0.688. The Labute approximate surface area is 114 Å². The summed E-state index contributed by atoms with van der Waals surface area (Å²) in [5.41, 5.74) is 0.688. The molecule has 0 atom stereocenters. The molecule has 2 rings (SSSR count). The van der Waals surface area contributed by atoms with Crippen molar-refractivity contribution in [2.45, 2.75) is 96.4 Å². The van der Waals surface area contributed by atoms with Crippen LogP contribution < -0.4 is 5.32 Å². The largest absolute Gasteiger partial charge is 0.313 e. The summed E-state index contributed by atoms with van der Waals surface area (Å²) in [6.07, 6.45) is 19.1. The van der Waals surface area contributed by atoms with Crippen LogP contribution in [0.3, 0.4) is 0 Å². The Balaban J connectivity index is 1.68. The summed E-state index contributed by atoms with van der Waals surface area (Å²) in [4.78, 5) is 0. The molecule has 1 N–H and O–H groups in total. The molecule has 0 heterocycles. The number of unbranched alkanes of at least 4 members (excludes halogenated alkanes) is 4. The normalized spacial score (nSPS) is 23.2. The van der Waals surface area contributed by atoms with Gasteiger partial charge in [-0.1, -0.05) is 58.3 Å². The van der Waals surface area contributed by atoms with Gasteiger partial charge in [-0.2, -0.15) is 0 Å². The van der Waals surface area contributed by atoms with Crippen molar-refractivity contribution in [3.05, 3.63) is 0 Å². The second kappa shape index (κ2) is 7.53. The fourth-order valence-corrected chi connectivity index (χ4v) is 3.57. The Morgan fingerprint density at radius 3 is 2.33 bits per heavy atom. The van der Waals surface area contributed by atoms with Crippen LogP contribution in [0.4, 0.5) is 0 Å². The minimum Gasteiger partial charge on any atom is -0.313 e. The van der Waals surface area contributed by atoms with E-state index < -0.39 is 0 Å². The smallest absolute Gasteiger partial charge is 0.00684 e. The van der Waals surface area contributed by atoms with Crippen LogP contribution in [-0.4, -0.2) is 12.6 Å². The first-order valence-electron chi connectivity index (χ1n) is 8.58. The van der Waals surface area contributed by atoms with Gasteiger partial charge in [0.1, 0.15) is 0 Å². The van der Waals surface area contributed by atoms with Gasteiger partial charge in [0.2, 0.25) is 0 Å². The molecular formula is C17H33N. The van der Waals surface area contributed by atoms with Crippen LogP contribution in [-0.2, 0) is 0 Å². The lowest BCUT2D eigenvalue weighted by Crippen LogP contribution is -2.37. The van der Waals surface area contributed by atoms with E-state index >= 15 is 0 Å². The minimum absolute atomic E-state index is 0.688. The Hall–Kier alpha value is -0.0400. The standard InChI is InChI=1S/C17H33N/c1-2-3-4-5-7-12-17(13-8-6-9-14-17)15-18-16-10-11-16/h16,18H,2-15H2,1H3. The zero-order valence-electron chi connectivity index (χ0n) is 12.5. The highest BCUT2D eigenvalue weighted by Gasteiger charge is 2.33. The van der Waals surface area contributed by atoms with Gasteiger partial charge in [0.05, 0.1) is 0 Å². The maximum atomic E-state index is 3.82. The van der Waals surface area contributed by atoms with E-state index in [2.05, 4.69) is 12.2 Å². The molecule has 2 aliphatic carbocycles. The van der Waals surface area contributed by atoms with Gasteiger partial charge in [0.15, 0.2) is 0 Å². The van der Waals surface area contributed by atoms with E-state index in [4.69, 9.17) is 0 Å². The lowest BCUT2D eigenvalue weighted by Gasteiger charge is -2.38. The number of rotatable bonds is 9. The van der Waals surface area contributed by atoms with Crippen molar-refractivity contribution in [1.82, 2.24) is 5.32 Å².